The fourth-order valence-electron chi connectivity index (χ4n) is 5.23. The summed E-state index contributed by atoms with van der Waals surface area (Å²) in [5.74, 6) is 1.66. The third-order valence-electron chi connectivity index (χ3n) is 7.76. The van der Waals surface area contributed by atoms with E-state index in [2.05, 4.69) is 66.5 Å². The van der Waals surface area contributed by atoms with E-state index < -0.39 is 0 Å². The van der Waals surface area contributed by atoms with Gasteiger partial charge in [0, 0.05) is 12.1 Å². The zero-order valence-corrected chi connectivity index (χ0v) is 22.7. The highest BCUT2D eigenvalue weighted by atomic mass is 35.5. The van der Waals surface area contributed by atoms with E-state index in [4.69, 9.17) is 9.36 Å². The average Bonchev–Trinajstić information content (AvgIpc) is 3.54. The molecule has 5 rings (SSSR count). The van der Waals surface area contributed by atoms with E-state index in [-0.39, 0.29) is 23.2 Å². The number of rotatable bonds is 6. The van der Waals surface area contributed by atoms with Crippen molar-refractivity contribution in [3.63, 3.8) is 0 Å². The Hall–Kier alpha value is -2.70. The van der Waals surface area contributed by atoms with Crippen molar-refractivity contribution in [3.8, 4) is 11.4 Å². The summed E-state index contributed by atoms with van der Waals surface area (Å²) in [5, 5.41) is 11.9. The van der Waals surface area contributed by atoms with Crippen LogP contribution in [0.5, 0.6) is 0 Å². The predicted molar refractivity (Wildman–Crippen MR) is 146 cm³/mol. The number of benzene rings is 2. The molecule has 1 N–H and O–H groups in total. The molecule has 2 aromatic carbocycles. The first-order chi connectivity index (χ1) is 16.7. The minimum Gasteiger partial charge on any atom is -0.391 e. The molecule has 1 unspecified atom stereocenters. The molecule has 1 aromatic heterocycles. The van der Waals surface area contributed by atoms with Crippen LogP contribution in [0.1, 0.15) is 87.9 Å². The summed E-state index contributed by atoms with van der Waals surface area (Å²) in [6.45, 7) is 13.7. The molecule has 0 amide bonds. The van der Waals surface area contributed by atoms with E-state index in [0.717, 1.165) is 41.9 Å². The molecule has 6 nitrogen and oxygen atoms in total. The van der Waals surface area contributed by atoms with Crippen molar-refractivity contribution in [2.75, 3.05) is 13.1 Å². The molecule has 0 radical (unpaired) electrons. The normalized spacial score (nSPS) is 20.5. The number of halogens is 1. The van der Waals surface area contributed by atoms with Gasteiger partial charge in [-0.3, -0.25) is 0 Å². The second-order valence-electron chi connectivity index (χ2n) is 11.3. The van der Waals surface area contributed by atoms with Crippen LogP contribution < -0.4 is 5.32 Å². The van der Waals surface area contributed by atoms with E-state index in [1.54, 1.807) is 0 Å². The summed E-state index contributed by atoms with van der Waals surface area (Å²) >= 11 is 0. The average molecular weight is 509 g/mol. The van der Waals surface area contributed by atoms with Crippen LogP contribution in [0.25, 0.3) is 11.4 Å². The van der Waals surface area contributed by atoms with Crippen molar-refractivity contribution in [1.82, 2.24) is 15.5 Å². The maximum Gasteiger partial charge on any atom is 0.231 e. The SMILES string of the molecule is CC(=NOCc1ccc2c(c1)C(C)(C)CCC2(C)C)c1ccc(-c2noc(C3CCNC3)n2)cc1.Cl. The smallest absolute Gasteiger partial charge is 0.231 e. The standard InChI is InChI=1S/C29H36N4O2.ClH/c1-19(21-7-9-22(10-8-21)26-31-27(35-33-26)23-12-15-30-17-23)32-34-18-20-6-11-24-25(16-20)29(4,5)14-13-28(24,2)3;/h6-11,16,23,30H,12-15,17-18H2,1-5H3;1H. The largest absolute Gasteiger partial charge is 0.391 e. The number of fused-ring (bicyclic) bond motifs is 1. The van der Waals surface area contributed by atoms with E-state index in [0.29, 0.717) is 24.2 Å². The van der Waals surface area contributed by atoms with Crippen molar-refractivity contribution in [2.24, 2.45) is 5.16 Å². The van der Waals surface area contributed by atoms with Crippen LogP contribution in [0.2, 0.25) is 0 Å². The molecule has 0 spiro atoms. The van der Waals surface area contributed by atoms with Gasteiger partial charge in [0.15, 0.2) is 0 Å². The third-order valence-corrected chi connectivity index (χ3v) is 7.76. The lowest BCUT2D eigenvalue weighted by Gasteiger charge is -2.42. The van der Waals surface area contributed by atoms with Gasteiger partial charge in [0.05, 0.1) is 11.6 Å². The van der Waals surface area contributed by atoms with Gasteiger partial charge >= 0.3 is 0 Å². The van der Waals surface area contributed by atoms with Gasteiger partial charge in [0.25, 0.3) is 0 Å². The maximum absolute atomic E-state index is 5.76. The van der Waals surface area contributed by atoms with Gasteiger partial charge in [-0.2, -0.15) is 4.98 Å². The van der Waals surface area contributed by atoms with Crippen LogP contribution >= 0.6 is 12.4 Å². The van der Waals surface area contributed by atoms with Gasteiger partial charge in [-0.05, 0) is 65.8 Å². The second-order valence-corrected chi connectivity index (χ2v) is 11.3. The summed E-state index contributed by atoms with van der Waals surface area (Å²) in [6, 6.07) is 14.8. The van der Waals surface area contributed by atoms with Gasteiger partial charge in [-0.1, -0.05) is 80.5 Å². The molecule has 2 heterocycles. The number of hydrogen-bond acceptors (Lipinski definition) is 6. The molecule has 192 valence electrons. The Kier molecular flexibility index (Phi) is 7.58. The van der Waals surface area contributed by atoms with Crippen LogP contribution in [0, 0.1) is 0 Å². The molecular weight excluding hydrogens is 472 g/mol. The lowest BCUT2D eigenvalue weighted by Crippen LogP contribution is -2.33. The zero-order chi connectivity index (χ0) is 24.6. The van der Waals surface area contributed by atoms with Gasteiger partial charge in [-0.25, -0.2) is 0 Å². The van der Waals surface area contributed by atoms with E-state index in [1.165, 1.54) is 24.0 Å². The quantitative estimate of drug-likeness (QED) is 0.303. The Morgan fingerprint density at radius 1 is 1.06 bits per heavy atom. The van der Waals surface area contributed by atoms with E-state index >= 15 is 0 Å². The van der Waals surface area contributed by atoms with Crippen LogP contribution in [0.4, 0.5) is 0 Å². The molecule has 7 heteroatoms. The first kappa shape index (κ1) is 26.4. The summed E-state index contributed by atoms with van der Waals surface area (Å²) < 4.78 is 5.49. The summed E-state index contributed by atoms with van der Waals surface area (Å²) in [4.78, 5) is 10.4. The molecule has 1 fully saturated rings. The van der Waals surface area contributed by atoms with Crippen molar-refractivity contribution < 1.29 is 9.36 Å². The molecule has 1 aliphatic heterocycles. The monoisotopic (exact) mass is 508 g/mol. The molecule has 1 aliphatic carbocycles. The lowest BCUT2D eigenvalue weighted by molar-refractivity contribution is 0.130. The molecular formula is C29H37ClN4O2. The Bertz CT molecular complexity index is 1220. The third kappa shape index (κ3) is 5.35. The van der Waals surface area contributed by atoms with Crippen molar-refractivity contribution in [2.45, 2.75) is 77.2 Å². The predicted octanol–water partition coefficient (Wildman–Crippen LogP) is 6.53. The Labute approximate surface area is 220 Å². The minimum atomic E-state index is 0. The highest BCUT2D eigenvalue weighted by molar-refractivity contribution is 5.98. The van der Waals surface area contributed by atoms with Gasteiger partial charge in [0.2, 0.25) is 11.7 Å². The first-order valence-electron chi connectivity index (χ1n) is 12.7. The van der Waals surface area contributed by atoms with E-state index in [9.17, 15) is 0 Å². The Morgan fingerprint density at radius 3 is 2.47 bits per heavy atom. The van der Waals surface area contributed by atoms with Gasteiger partial charge in [-0.15, -0.1) is 12.4 Å². The van der Waals surface area contributed by atoms with E-state index in [1.807, 2.05) is 31.2 Å². The molecule has 0 saturated carbocycles. The molecule has 36 heavy (non-hydrogen) atoms. The number of oxime groups is 1. The molecule has 0 bridgehead atoms. The zero-order valence-electron chi connectivity index (χ0n) is 21.9. The molecule has 3 aromatic rings. The molecule has 2 aliphatic rings. The highest BCUT2D eigenvalue weighted by Gasteiger charge is 2.36. The van der Waals surface area contributed by atoms with Crippen LogP contribution in [-0.4, -0.2) is 28.9 Å². The van der Waals surface area contributed by atoms with Crippen molar-refractivity contribution >= 4 is 18.1 Å². The first-order valence-corrected chi connectivity index (χ1v) is 12.7. The maximum atomic E-state index is 5.76. The fourth-order valence-corrected chi connectivity index (χ4v) is 5.23. The van der Waals surface area contributed by atoms with Crippen molar-refractivity contribution in [3.05, 3.63) is 70.6 Å². The lowest BCUT2D eigenvalue weighted by atomic mass is 9.63. The Balaban J connectivity index is 0.00000304. The van der Waals surface area contributed by atoms with Crippen molar-refractivity contribution in [1.29, 1.82) is 0 Å². The molecule has 1 atom stereocenters. The highest BCUT2D eigenvalue weighted by Crippen LogP contribution is 2.45. The van der Waals surface area contributed by atoms with Crippen LogP contribution in [0.15, 0.2) is 52.1 Å². The Morgan fingerprint density at radius 2 is 1.78 bits per heavy atom. The van der Waals surface area contributed by atoms with Crippen LogP contribution in [-0.2, 0) is 22.3 Å². The fraction of sp³-hybridized carbons (Fsp3) is 0.483. The number of aromatic nitrogens is 2. The topological polar surface area (TPSA) is 72.5 Å². The summed E-state index contributed by atoms with van der Waals surface area (Å²) in [7, 11) is 0. The van der Waals surface area contributed by atoms with Gasteiger partial charge in [0.1, 0.15) is 6.61 Å². The number of hydrogen-bond donors (Lipinski definition) is 1. The molecule has 1 saturated heterocycles. The number of nitrogens with zero attached hydrogens (tertiary/aromatic N) is 3. The number of nitrogens with one attached hydrogen (secondary N) is 1. The second kappa shape index (κ2) is 10.3. The van der Waals surface area contributed by atoms with Gasteiger partial charge < -0.3 is 14.7 Å². The summed E-state index contributed by atoms with van der Waals surface area (Å²) in [6.07, 6.45) is 3.46. The summed E-state index contributed by atoms with van der Waals surface area (Å²) in [5.41, 5.74) is 7.25. The van der Waals surface area contributed by atoms with Crippen LogP contribution in [0.3, 0.4) is 0 Å². The minimum absolute atomic E-state index is 0.